The van der Waals surface area contributed by atoms with Crippen LogP contribution in [0.4, 0.5) is 0 Å². The van der Waals surface area contributed by atoms with Gasteiger partial charge in [0.05, 0.1) is 12.0 Å². The van der Waals surface area contributed by atoms with Gasteiger partial charge >= 0.3 is 0 Å². The highest BCUT2D eigenvalue weighted by molar-refractivity contribution is 7.89. The topological polar surface area (TPSA) is 105 Å². The van der Waals surface area contributed by atoms with Crippen molar-refractivity contribution < 1.29 is 22.7 Å². The molecule has 2 N–H and O–H groups in total. The van der Waals surface area contributed by atoms with Gasteiger partial charge in [-0.25, -0.2) is 13.1 Å². The van der Waals surface area contributed by atoms with Crippen LogP contribution in [0.3, 0.4) is 0 Å². The van der Waals surface area contributed by atoms with E-state index in [9.17, 15) is 18.0 Å². The van der Waals surface area contributed by atoms with Crippen molar-refractivity contribution in [2.75, 3.05) is 7.11 Å². The van der Waals surface area contributed by atoms with Gasteiger partial charge in [-0.05, 0) is 65.8 Å². The third-order valence-corrected chi connectivity index (χ3v) is 9.11. The van der Waals surface area contributed by atoms with Gasteiger partial charge in [0.2, 0.25) is 21.8 Å². The second-order valence-electron chi connectivity index (χ2n) is 10.9. The van der Waals surface area contributed by atoms with E-state index in [0.29, 0.717) is 18.5 Å². The number of nitrogens with one attached hydrogen (secondary N) is 2. The molecule has 1 fully saturated rings. The number of ether oxygens (including phenoxy) is 1. The van der Waals surface area contributed by atoms with Gasteiger partial charge in [-0.15, -0.1) is 0 Å². The number of hydrogen-bond donors (Lipinski definition) is 2. The lowest BCUT2D eigenvalue weighted by Crippen LogP contribution is -2.43. The quantitative estimate of drug-likeness (QED) is 0.205. The highest BCUT2D eigenvalue weighted by Gasteiger charge is 2.31. The summed E-state index contributed by atoms with van der Waals surface area (Å²) in [5.74, 6) is 0.261. The Kier molecular flexibility index (Phi) is 10.1. The molecule has 0 spiro atoms. The minimum absolute atomic E-state index is 0.0267. The Morgan fingerprint density at radius 3 is 2.05 bits per heavy atom. The lowest BCUT2D eigenvalue weighted by Gasteiger charge is -2.32. The van der Waals surface area contributed by atoms with E-state index < -0.39 is 16.1 Å². The van der Waals surface area contributed by atoms with Crippen LogP contribution in [0.25, 0.3) is 0 Å². The smallest absolute Gasteiger partial charge is 0.247 e. The molecule has 0 unspecified atom stereocenters. The number of benzene rings is 4. The van der Waals surface area contributed by atoms with Crippen molar-refractivity contribution in [3.8, 4) is 5.75 Å². The predicted molar refractivity (Wildman–Crippen MR) is 169 cm³/mol. The van der Waals surface area contributed by atoms with Crippen LogP contribution in [-0.4, -0.2) is 38.3 Å². The Morgan fingerprint density at radius 1 is 0.818 bits per heavy atom. The van der Waals surface area contributed by atoms with Crippen LogP contribution >= 0.6 is 0 Å². The average Bonchev–Trinajstić information content (AvgIpc) is 3.87. The first-order valence-corrected chi connectivity index (χ1v) is 16.2. The normalized spacial score (nSPS) is 13.6. The number of amides is 2. The Hall–Kier alpha value is -4.47. The van der Waals surface area contributed by atoms with E-state index in [4.69, 9.17) is 4.74 Å². The third-order valence-electron chi connectivity index (χ3n) is 7.58. The number of aryl methyl sites for hydroxylation is 1. The molecule has 0 aliphatic heterocycles. The van der Waals surface area contributed by atoms with Crippen LogP contribution in [0, 0.1) is 0 Å². The third kappa shape index (κ3) is 8.33. The van der Waals surface area contributed by atoms with Crippen molar-refractivity contribution >= 4 is 21.8 Å². The molecule has 2 amide bonds. The van der Waals surface area contributed by atoms with Gasteiger partial charge in [0.15, 0.2) is 0 Å². The molecule has 4 aromatic carbocycles. The van der Waals surface area contributed by atoms with Gasteiger partial charge in [-0.2, -0.15) is 0 Å². The first-order valence-electron chi connectivity index (χ1n) is 14.7. The van der Waals surface area contributed by atoms with Crippen LogP contribution in [-0.2, 0) is 39.1 Å². The molecule has 228 valence electrons. The Balaban J connectivity index is 1.35. The maximum absolute atomic E-state index is 14.0. The van der Waals surface area contributed by atoms with Crippen LogP contribution in [0.1, 0.15) is 47.6 Å². The molecule has 0 heterocycles. The van der Waals surface area contributed by atoms with Gasteiger partial charge in [0.1, 0.15) is 11.8 Å². The summed E-state index contributed by atoms with van der Waals surface area (Å²) in [4.78, 5) is 29.7. The fraction of sp³-hybridized carbons (Fsp3) is 0.257. The summed E-state index contributed by atoms with van der Waals surface area (Å²) in [7, 11) is -1.95. The van der Waals surface area contributed by atoms with E-state index in [0.717, 1.165) is 35.3 Å². The Morgan fingerprint density at radius 2 is 1.43 bits per heavy atom. The fourth-order valence-corrected chi connectivity index (χ4v) is 6.26. The first-order chi connectivity index (χ1) is 21.3. The van der Waals surface area contributed by atoms with Crippen LogP contribution < -0.4 is 14.8 Å². The van der Waals surface area contributed by atoms with Gasteiger partial charge in [0, 0.05) is 25.6 Å². The van der Waals surface area contributed by atoms with Gasteiger partial charge < -0.3 is 15.0 Å². The molecule has 1 aliphatic carbocycles. The number of carbonyl (C=O) groups is 2. The summed E-state index contributed by atoms with van der Waals surface area (Å²) in [6.07, 6.45) is 2.27. The standard InChI is InChI=1S/C35H37N3O5S/c1-43-31-19-12-27(13-20-31)24-36-35(40)34(29-10-6-3-7-11-29)38(25-28-8-4-2-5-9-28)33(39)23-16-26-14-21-32(22-15-26)44(41,42)37-30-17-18-30/h2-15,19-22,30,34,37H,16-18,23-25H2,1H3,(H,36,40)/t34-/m0/s1. The lowest BCUT2D eigenvalue weighted by atomic mass is 10.0. The summed E-state index contributed by atoms with van der Waals surface area (Å²) in [6.45, 7) is 0.545. The second-order valence-corrected chi connectivity index (χ2v) is 12.6. The first kappa shape index (κ1) is 31.0. The SMILES string of the molecule is COc1ccc(CNC(=O)[C@H](c2ccccc2)N(Cc2ccccc2)C(=O)CCc2ccc(S(=O)(=O)NC3CC3)cc2)cc1. The molecule has 1 saturated carbocycles. The molecule has 5 rings (SSSR count). The number of rotatable bonds is 14. The number of methoxy groups -OCH3 is 1. The van der Waals surface area contributed by atoms with Crippen molar-refractivity contribution in [2.45, 2.75) is 55.8 Å². The van der Waals surface area contributed by atoms with Crippen molar-refractivity contribution in [1.82, 2.24) is 14.9 Å². The van der Waals surface area contributed by atoms with E-state index in [1.807, 2.05) is 84.9 Å². The van der Waals surface area contributed by atoms with Crippen LogP contribution in [0.2, 0.25) is 0 Å². The molecule has 0 aromatic heterocycles. The number of sulfonamides is 1. The molecular formula is C35H37N3O5S. The molecular weight excluding hydrogens is 574 g/mol. The number of nitrogens with zero attached hydrogens (tertiary/aromatic N) is 1. The summed E-state index contributed by atoms with van der Waals surface area (Å²) in [6, 6.07) is 32.2. The summed E-state index contributed by atoms with van der Waals surface area (Å²) >= 11 is 0. The molecule has 0 saturated heterocycles. The zero-order valence-corrected chi connectivity index (χ0v) is 25.5. The van der Waals surface area contributed by atoms with Crippen molar-refractivity contribution in [3.63, 3.8) is 0 Å². The second kappa shape index (κ2) is 14.3. The molecule has 44 heavy (non-hydrogen) atoms. The minimum atomic E-state index is -3.55. The monoisotopic (exact) mass is 611 g/mol. The van der Waals surface area contributed by atoms with Crippen LogP contribution in [0.5, 0.6) is 5.75 Å². The minimum Gasteiger partial charge on any atom is -0.497 e. The van der Waals surface area contributed by atoms with E-state index >= 15 is 0 Å². The Bertz CT molecular complexity index is 1640. The average molecular weight is 612 g/mol. The van der Waals surface area contributed by atoms with Crippen molar-refractivity contribution in [3.05, 3.63) is 131 Å². The maximum Gasteiger partial charge on any atom is 0.247 e. The van der Waals surface area contributed by atoms with E-state index in [1.165, 1.54) is 0 Å². The molecule has 0 radical (unpaired) electrons. The summed E-state index contributed by atoms with van der Waals surface area (Å²) in [5, 5.41) is 3.03. The van der Waals surface area contributed by atoms with Gasteiger partial charge in [0.25, 0.3) is 0 Å². The molecule has 1 aliphatic rings. The van der Waals surface area contributed by atoms with E-state index in [1.54, 1.807) is 36.3 Å². The van der Waals surface area contributed by atoms with Gasteiger partial charge in [-0.1, -0.05) is 84.9 Å². The predicted octanol–water partition coefficient (Wildman–Crippen LogP) is 5.16. The van der Waals surface area contributed by atoms with Crippen LogP contribution in [0.15, 0.2) is 114 Å². The van der Waals surface area contributed by atoms with Crippen molar-refractivity contribution in [1.29, 1.82) is 0 Å². The van der Waals surface area contributed by atoms with Gasteiger partial charge in [-0.3, -0.25) is 9.59 Å². The van der Waals surface area contributed by atoms with Crippen molar-refractivity contribution in [2.24, 2.45) is 0 Å². The largest absolute Gasteiger partial charge is 0.497 e. The fourth-order valence-electron chi connectivity index (χ4n) is 4.96. The zero-order valence-electron chi connectivity index (χ0n) is 24.7. The molecule has 1 atom stereocenters. The number of carbonyl (C=O) groups excluding carboxylic acids is 2. The van der Waals surface area contributed by atoms with E-state index in [-0.39, 0.29) is 35.7 Å². The molecule has 4 aromatic rings. The maximum atomic E-state index is 14.0. The van der Waals surface area contributed by atoms with E-state index in [2.05, 4.69) is 10.0 Å². The molecule has 0 bridgehead atoms. The molecule has 9 heteroatoms. The summed E-state index contributed by atoms with van der Waals surface area (Å²) < 4.78 is 33.0. The summed E-state index contributed by atoms with van der Waals surface area (Å²) in [5.41, 5.74) is 3.36. The zero-order chi connectivity index (χ0) is 30.9. The highest BCUT2D eigenvalue weighted by Crippen LogP contribution is 2.26. The number of hydrogen-bond acceptors (Lipinski definition) is 5. The highest BCUT2D eigenvalue weighted by atomic mass is 32.2. The lowest BCUT2D eigenvalue weighted by molar-refractivity contribution is -0.141. The Labute approximate surface area is 259 Å². The molecule has 8 nitrogen and oxygen atoms in total.